The third-order valence-corrected chi connectivity index (χ3v) is 2.53. The lowest BCUT2D eigenvalue weighted by atomic mass is 10.2. The molecule has 1 aromatic carbocycles. The molecule has 0 radical (unpaired) electrons. The fourth-order valence-corrected chi connectivity index (χ4v) is 1.78. The molecular formula is C12H16N2O. The van der Waals surface area contributed by atoms with E-state index in [-0.39, 0.29) is 0 Å². The number of fused-ring (bicyclic) bond motifs is 1. The van der Waals surface area contributed by atoms with Gasteiger partial charge < -0.3 is 15.0 Å². The van der Waals surface area contributed by atoms with E-state index in [4.69, 9.17) is 10.5 Å². The Morgan fingerprint density at radius 3 is 2.87 bits per heavy atom. The fraction of sp³-hybridized carbons (Fsp3) is 0.333. The molecule has 0 bridgehead atoms. The van der Waals surface area contributed by atoms with Crippen molar-refractivity contribution < 1.29 is 4.74 Å². The Morgan fingerprint density at radius 1 is 1.33 bits per heavy atom. The van der Waals surface area contributed by atoms with Crippen LogP contribution in [0.5, 0.6) is 0 Å². The summed E-state index contributed by atoms with van der Waals surface area (Å²) < 4.78 is 7.51. The number of hydrogen-bond donors (Lipinski definition) is 1. The number of hydrogen-bond acceptors (Lipinski definition) is 2. The molecule has 0 atom stereocenters. The summed E-state index contributed by atoms with van der Waals surface area (Å²) in [5, 5.41) is 1.22. The number of ether oxygens (including phenoxy) is 1. The molecule has 2 N–H and O–H groups in total. The fourth-order valence-electron chi connectivity index (χ4n) is 1.78. The quantitative estimate of drug-likeness (QED) is 0.828. The minimum absolute atomic E-state index is 0.569. The monoisotopic (exact) mass is 204 g/mol. The van der Waals surface area contributed by atoms with Gasteiger partial charge in [0, 0.05) is 24.7 Å². The van der Waals surface area contributed by atoms with Crippen molar-refractivity contribution in [2.24, 2.45) is 5.73 Å². The van der Waals surface area contributed by atoms with Crippen LogP contribution in [0.25, 0.3) is 10.9 Å². The lowest BCUT2D eigenvalue weighted by Crippen LogP contribution is -2.00. The van der Waals surface area contributed by atoms with Crippen molar-refractivity contribution in [3.05, 3.63) is 36.0 Å². The van der Waals surface area contributed by atoms with Crippen LogP contribution in [0.4, 0.5) is 0 Å². The summed E-state index contributed by atoms with van der Waals surface area (Å²) in [5.74, 6) is 0. The lowest BCUT2D eigenvalue weighted by molar-refractivity contribution is 0.0908. The predicted molar refractivity (Wildman–Crippen MR) is 61.5 cm³/mol. The standard InChI is InChI=1S/C12H16N2O/c1-2-15-9-14-8-10(7-13)11-5-3-4-6-12(11)14/h3-6,8H,2,7,9,13H2,1H3. The first-order chi connectivity index (χ1) is 7.36. The number of benzene rings is 1. The molecule has 1 aromatic heterocycles. The number of para-hydroxylation sites is 1. The Balaban J connectivity index is 2.45. The maximum atomic E-state index is 5.70. The summed E-state index contributed by atoms with van der Waals surface area (Å²) in [6.45, 7) is 3.89. The molecule has 0 saturated heterocycles. The molecule has 0 aliphatic heterocycles. The molecule has 0 unspecified atom stereocenters. The second-order valence-electron chi connectivity index (χ2n) is 3.47. The number of aromatic nitrogens is 1. The molecule has 0 amide bonds. The average Bonchev–Trinajstić information content (AvgIpc) is 2.65. The molecule has 0 fully saturated rings. The van der Waals surface area contributed by atoms with E-state index in [1.807, 2.05) is 19.1 Å². The molecule has 80 valence electrons. The van der Waals surface area contributed by atoms with Crippen LogP contribution in [0.3, 0.4) is 0 Å². The van der Waals surface area contributed by atoms with Crippen molar-refractivity contribution >= 4 is 10.9 Å². The smallest absolute Gasteiger partial charge is 0.122 e. The van der Waals surface area contributed by atoms with Gasteiger partial charge in [-0.3, -0.25) is 0 Å². The first-order valence-corrected chi connectivity index (χ1v) is 5.21. The summed E-state index contributed by atoms with van der Waals surface area (Å²) in [6, 6.07) is 8.26. The first-order valence-electron chi connectivity index (χ1n) is 5.21. The number of nitrogens with zero attached hydrogens (tertiary/aromatic N) is 1. The van der Waals surface area contributed by atoms with E-state index in [0.29, 0.717) is 13.3 Å². The topological polar surface area (TPSA) is 40.2 Å². The van der Waals surface area contributed by atoms with Gasteiger partial charge in [-0.1, -0.05) is 18.2 Å². The maximum Gasteiger partial charge on any atom is 0.122 e. The normalized spacial score (nSPS) is 11.1. The van der Waals surface area contributed by atoms with Crippen LogP contribution in [0.2, 0.25) is 0 Å². The van der Waals surface area contributed by atoms with Crippen LogP contribution < -0.4 is 5.73 Å². The maximum absolute atomic E-state index is 5.70. The first kappa shape index (κ1) is 10.2. The summed E-state index contributed by atoms with van der Waals surface area (Å²) in [7, 11) is 0. The summed E-state index contributed by atoms with van der Waals surface area (Å²) in [4.78, 5) is 0. The predicted octanol–water partition coefficient (Wildman–Crippen LogP) is 2.09. The molecule has 1 heterocycles. The molecule has 3 nitrogen and oxygen atoms in total. The van der Waals surface area contributed by atoms with Gasteiger partial charge in [0.1, 0.15) is 6.73 Å². The molecular weight excluding hydrogens is 188 g/mol. The Hall–Kier alpha value is -1.32. The van der Waals surface area contributed by atoms with Crippen LogP contribution in [0.15, 0.2) is 30.5 Å². The van der Waals surface area contributed by atoms with Crippen molar-refractivity contribution in [1.29, 1.82) is 0 Å². The van der Waals surface area contributed by atoms with E-state index in [1.165, 1.54) is 16.5 Å². The zero-order valence-electron chi connectivity index (χ0n) is 8.94. The molecule has 0 saturated carbocycles. The number of nitrogens with two attached hydrogens (primary N) is 1. The average molecular weight is 204 g/mol. The Morgan fingerprint density at radius 2 is 2.13 bits per heavy atom. The third kappa shape index (κ3) is 1.89. The van der Waals surface area contributed by atoms with E-state index in [1.54, 1.807) is 0 Å². The highest BCUT2D eigenvalue weighted by atomic mass is 16.5. The van der Waals surface area contributed by atoms with Gasteiger partial charge >= 0.3 is 0 Å². The van der Waals surface area contributed by atoms with E-state index in [2.05, 4.69) is 22.9 Å². The zero-order chi connectivity index (χ0) is 10.7. The highest BCUT2D eigenvalue weighted by Gasteiger charge is 2.05. The van der Waals surface area contributed by atoms with Crippen molar-refractivity contribution in [2.45, 2.75) is 20.2 Å². The molecule has 2 aromatic rings. The number of rotatable bonds is 4. The summed E-state index contributed by atoms with van der Waals surface area (Å²) in [5.41, 5.74) is 8.06. The highest BCUT2D eigenvalue weighted by molar-refractivity contribution is 5.83. The van der Waals surface area contributed by atoms with Gasteiger partial charge in [-0.2, -0.15) is 0 Å². The van der Waals surface area contributed by atoms with Gasteiger partial charge in [0.05, 0.1) is 5.52 Å². The Bertz CT molecular complexity index is 448. The summed E-state index contributed by atoms with van der Waals surface area (Å²) in [6.07, 6.45) is 2.07. The van der Waals surface area contributed by atoms with Crippen molar-refractivity contribution in [1.82, 2.24) is 4.57 Å². The lowest BCUT2D eigenvalue weighted by Gasteiger charge is -2.04. The van der Waals surface area contributed by atoms with Crippen LogP contribution >= 0.6 is 0 Å². The molecule has 0 aliphatic rings. The third-order valence-electron chi connectivity index (χ3n) is 2.53. The van der Waals surface area contributed by atoms with Gasteiger partial charge in [-0.25, -0.2) is 0 Å². The van der Waals surface area contributed by atoms with E-state index < -0.39 is 0 Å². The van der Waals surface area contributed by atoms with Crippen LogP contribution in [-0.2, 0) is 18.0 Å². The minimum atomic E-state index is 0.569. The Labute approximate surface area is 89.4 Å². The van der Waals surface area contributed by atoms with Crippen molar-refractivity contribution in [2.75, 3.05) is 6.61 Å². The molecule has 2 rings (SSSR count). The molecule has 15 heavy (non-hydrogen) atoms. The van der Waals surface area contributed by atoms with Gasteiger partial charge in [0.15, 0.2) is 0 Å². The van der Waals surface area contributed by atoms with Crippen LogP contribution in [-0.4, -0.2) is 11.2 Å². The van der Waals surface area contributed by atoms with E-state index >= 15 is 0 Å². The van der Waals surface area contributed by atoms with Gasteiger partial charge in [-0.15, -0.1) is 0 Å². The molecule has 0 spiro atoms. The molecule has 3 heteroatoms. The minimum Gasteiger partial charge on any atom is -0.361 e. The SMILES string of the molecule is CCOCn1cc(CN)c2ccccc21. The Kier molecular flexibility index (Phi) is 3.04. The summed E-state index contributed by atoms with van der Waals surface area (Å²) >= 11 is 0. The van der Waals surface area contributed by atoms with Crippen LogP contribution in [0.1, 0.15) is 12.5 Å². The largest absolute Gasteiger partial charge is 0.361 e. The second-order valence-corrected chi connectivity index (χ2v) is 3.47. The second kappa shape index (κ2) is 4.47. The van der Waals surface area contributed by atoms with E-state index in [9.17, 15) is 0 Å². The molecule has 0 aliphatic carbocycles. The van der Waals surface area contributed by atoms with Crippen molar-refractivity contribution in [3.8, 4) is 0 Å². The van der Waals surface area contributed by atoms with Gasteiger partial charge in [0.2, 0.25) is 0 Å². The van der Waals surface area contributed by atoms with Crippen LogP contribution in [0, 0.1) is 0 Å². The van der Waals surface area contributed by atoms with E-state index in [0.717, 1.165) is 6.61 Å². The van der Waals surface area contributed by atoms with Gasteiger partial charge in [-0.05, 0) is 18.6 Å². The zero-order valence-corrected chi connectivity index (χ0v) is 8.94. The van der Waals surface area contributed by atoms with Crippen molar-refractivity contribution in [3.63, 3.8) is 0 Å². The highest BCUT2D eigenvalue weighted by Crippen LogP contribution is 2.20. The van der Waals surface area contributed by atoms with Gasteiger partial charge in [0.25, 0.3) is 0 Å².